The Labute approximate surface area is 173 Å². The molecule has 158 valence electrons. The molecule has 1 atom stereocenters. The Bertz CT molecular complexity index is 927. The third-order valence-corrected chi connectivity index (χ3v) is 5.47. The van der Waals surface area contributed by atoms with Crippen molar-refractivity contribution in [2.45, 2.75) is 51.0 Å². The standard InChI is InChI=1S/C21H30N4O3S/c1-4-6-13-23-19-12-11-18(29(22,27)28)14-20(19)24-15(3)21(26)25-17-9-7-16(5-2)8-10-17/h7-12,14-15,23-24H,4-6,13H2,1-3H3,(H,25,26)(H2,22,27,28)/t15-/m0/s1. The van der Waals surface area contributed by atoms with E-state index in [0.717, 1.165) is 31.5 Å². The molecule has 0 fully saturated rings. The number of nitrogens with one attached hydrogen (secondary N) is 3. The molecule has 2 aromatic rings. The molecule has 0 bridgehead atoms. The molecule has 0 saturated carbocycles. The maximum absolute atomic E-state index is 12.6. The van der Waals surface area contributed by atoms with Gasteiger partial charge in [0.05, 0.1) is 16.3 Å². The molecule has 0 aromatic heterocycles. The summed E-state index contributed by atoms with van der Waals surface area (Å²) in [5.74, 6) is -0.227. The number of rotatable bonds is 10. The fourth-order valence-electron chi connectivity index (χ4n) is 2.75. The van der Waals surface area contributed by atoms with Gasteiger partial charge in [-0.15, -0.1) is 0 Å². The van der Waals surface area contributed by atoms with Crippen molar-refractivity contribution in [2.24, 2.45) is 5.14 Å². The summed E-state index contributed by atoms with van der Waals surface area (Å²) in [5.41, 5.74) is 3.13. The number of unbranched alkanes of at least 4 members (excludes halogenated alkanes) is 1. The summed E-state index contributed by atoms with van der Waals surface area (Å²) >= 11 is 0. The van der Waals surface area contributed by atoms with Gasteiger partial charge < -0.3 is 16.0 Å². The number of anilines is 3. The second-order valence-corrected chi connectivity index (χ2v) is 8.50. The Morgan fingerprint density at radius 3 is 2.34 bits per heavy atom. The molecule has 5 N–H and O–H groups in total. The van der Waals surface area contributed by atoms with E-state index in [0.29, 0.717) is 11.4 Å². The number of carbonyl (C=O) groups excluding carboxylic acids is 1. The first-order valence-electron chi connectivity index (χ1n) is 9.81. The zero-order valence-electron chi connectivity index (χ0n) is 17.2. The van der Waals surface area contributed by atoms with E-state index in [4.69, 9.17) is 5.14 Å². The molecule has 0 heterocycles. The van der Waals surface area contributed by atoms with Gasteiger partial charge in [0.15, 0.2) is 0 Å². The van der Waals surface area contributed by atoms with Crippen molar-refractivity contribution in [2.75, 3.05) is 22.5 Å². The number of hydrogen-bond acceptors (Lipinski definition) is 5. The van der Waals surface area contributed by atoms with E-state index in [1.165, 1.54) is 17.7 Å². The van der Waals surface area contributed by atoms with E-state index in [-0.39, 0.29) is 10.8 Å². The highest BCUT2D eigenvalue weighted by Gasteiger charge is 2.17. The van der Waals surface area contributed by atoms with E-state index in [9.17, 15) is 13.2 Å². The van der Waals surface area contributed by atoms with Gasteiger partial charge in [-0.3, -0.25) is 4.79 Å². The molecule has 0 spiro atoms. The monoisotopic (exact) mass is 418 g/mol. The molecule has 8 heteroatoms. The van der Waals surface area contributed by atoms with Crippen LogP contribution >= 0.6 is 0 Å². The first-order valence-corrected chi connectivity index (χ1v) is 11.4. The number of primary sulfonamides is 1. The second-order valence-electron chi connectivity index (χ2n) is 6.94. The van der Waals surface area contributed by atoms with E-state index >= 15 is 0 Å². The lowest BCUT2D eigenvalue weighted by molar-refractivity contribution is -0.116. The molecule has 29 heavy (non-hydrogen) atoms. The van der Waals surface area contributed by atoms with Gasteiger partial charge in [-0.1, -0.05) is 32.4 Å². The molecule has 0 radical (unpaired) electrons. The molecule has 0 saturated heterocycles. The van der Waals surface area contributed by atoms with Crippen LogP contribution in [0.1, 0.15) is 39.2 Å². The fourth-order valence-corrected chi connectivity index (χ4v) is 3.29. The molecular weight excluding hydrogens is 388 g/mol. The summed E-state index contributed by atoms with van der Waals surface area (Å²) < 4.78 is 23.4. The van der Waals surface area contributed by atoms with Gasteiger partial charge in [0.1, 0.15) is 6.04 Å². The fraction of sp³-hybridized carbons (Fsp3) is 0.381. The smallest absolute Gasteiger partial charge is 0.246 e. The number of benzene rings is 2. The van der Waals surface area contributed by atoms with Crippen LogP contribution in [0.5, 0.6) is 0 Å². The van der Waals surface area contributed by atoms with Crippen molar-refractivity contribution < 1.29 is 13.2 Å². The minimum absolute atomic E-state index is 0.0104. The van der Waals surface area contributed by atoms with Crippen molar-refractivity contribution in [1.29, 1.82) is 0 Å². The van der Waals surface area contributed by atoms with E-state index < -0.39 is 16.1 Å². The number of nitrogens with two attached hydrogens (primary N) is 1. The highest BCUT2D eigenvalue weighted by Crippen LogP contribution is 2.26. The summed E-state index contributed by atoms with van der Waals surface area (Å²) in [7, 11) is -3.85. The van der Waals surface area contributed by atoms with Gasteiger partial charge in [-0.2, -0.15) is 0 Å². The number of aryl methyl sites for hydroxylation is 1. The minimum atomic E-state index is -3.85. The number of hydrogen-bond donors (Lipinski definition) is 4. The van der Waals surface area contributed by atoms with Crippen LogP contribution in [0.25, 0.3) is 0 Å². The van der Waals surface area contributed by atoms with Crippen LogP contribution in [0, 0.1) is 0 Å². The minimum Gasteiger partial charge on any atom is -0.383 e. The largest absolute Gasteiger partial charge is 0.383 e. The van der Waals surface area contributed by atoms with Crippen LogP contribution in [0.2, 0.25) is 0 Å². The molecule has 0 aliphatic rings. The molecule has 2 aromatic carbocycles. The maximum Gasteiger partial charge on any atom is 0.246 e. The van der Waals surface area contributed by atoms with Gasteiger partial charge in [-0.25, -0.2) is 13.6 Å². The number of sulfonamides is 1. The Kier molecular flexibility index (Phi) is 8.04. The third-order valence-electron chi connectivity index (χ3n) is 4.56. The average Bonchev–Trinajstić information content (AvgIpc) is 2.69. The summed E-state index contributed by atoms with van der Waals surface area (Å²) in [6.45, 7) is 6.62. The van der Waals surface area contributed by atoms with Gasteiger partial charge in [-0.05, 0) is 55.7 Å². The quantitative estimate of drug-likeness (QED) is 0.441. The summed E-state index contributed by atoms with van der Waals surface area (Å²) in [5, 5.41) is 14.5. The molecular formula is C21H30N4O3S. The van der Waals surface area contributed by atoms with Crippen LogP contribution in [0.4, 0.5) is 17.1 Å². The zero-order valence-corrected chi connectivity index (χ0v) is 18.0. The van der Waals surface area contributed by atoms with E-state index in [1.807, 2.05) is 24.3 Å². The number of amides is 1. The lowest BCUT2D eigenvalue weighted by Gasteiger charge is -2.19. The first-order chi connectivity index (χ1) is 13.7. The lowest BCUT2D eigenvalue weighted by atomic mass is 10.1. The van der Waals surface area contributed by atoms with Crippen LogP contribution in [-0.2, 0) is 21.2 Å². The predicted octanol–water partition coefficient (Wildman–Crippen LogP) is 3.55. The average molecular weight is 419 g/mol. The highest BCUT2D eigenvalue weighted by atomic mass is 32.2. The van der Waals surface area contributed by atoms with Gasteiger partial charge in [0, 0.05) is 12.2 Å². The maximum atomic E-state index is 12.6. The van der Waals surface area contributed by atoms with Crippen LogP contribution < -0.4 is 21.1 Å². The zero-order chi connectivity index (χ0) is 21.4. The molecule has 1 amide bonds. The molecule has 7 nitrogen and oxygen atoms in total. The van der Waals surface area contributed by atoms with Crippen molar-refractivity contribution in [3.05, 3.63) is 48.0 Å². The third kappa shape index (κ3) is 6.76. The second kappa shape index (κ2) is 10.3. The molecule has 0 unspecified atom stereocenters. The van der Waals surface area contributed by atoms with Crippen LogP contribution in [-0.4, -0.2) is 26.9 Å². The first kappa shape index (κ1) is 22.7. The Morgan fingerprint density at radius 2 is 1.76 bits per heavy atom. The molecule has 2 rings (SSSR count). The van der Waals surface area contributed by atoms with Crippen LogP contribution in [0.3, 0.4) is 0 Å². The Hall–Kier alpha value is -2.58. The van der Waals surface area contributed by atoms with Crippen molar-refractivity contribution in [3.8, 4) is 0 Å². The van der Waals surface area contributed by atoms with Crippen molar-refractivity contribution in [1.82, 2.24) is 0 Å². The Balaban J connectivity index is 2.16. The SMILES string of the molecule is CCCCNc1ccc(S(N)(=O)=O)cc1N[C@@H](C)C(=O)Nc1ccc(CC)cc1. The van der Waals surface area contributed by atoms with E-state index in [2.05, 4.69) is 29.8 Å². The summed E-state index contributed by atoms with van der Waals surface area (Å²) in [6.07, 6.45) is 2.93. The van der Waals surface area contributed by atoms with Gasteiger partial charge in [0.25, 0.3) is 0 Å². The molecule has 0 aliphatic carbocycles. The highest BCUT2D eigenvalue weighted by molar-refractivity contribution is 7.89. The lowest BCUT2D eigenvalue weighted by Crippen LogP contribution is -2.32. The number of carbonyl (C=O) groups is 1. The topological polar surface area (TPSA) is 113 Å². The summed E-state index contributed by atoms with van der Waals surface area (Å²) in [4.78, 5) is 12.6. The predicted molar refractivity (Wildman–Crippen MR) is 119 cm³/mol. The van der Waals surface area contributed by atoms with Crippen molar-refractivity contribution >= 4 is 33.0 Å². The van der Waals surface area contributed by atoms with Crippen LogP contribution in [0.15, 0.2) is 47.4 Å². The normalized spacial score (nSPS) is 12.3. The van der Waals surface area contributed by atoms with Gasteiger partial charge >= 0.3 is 0 Å². The van der Waals surface area contributed by atoms with E-state index in [1.54, 1.807) is 13.0 Å². The Morgan fingerprint density at radius 1 is 1.07 bits per heavy atom. The van der Waals surface area contributed by atoms with Gasteiger partial charge in [0.2, 0.25) is 15.9 Å². The summed E-state index contributed by atoms with van der Waals surface area (Å²) in [6, 6.07) is 11.6. The van der Waals surface area contributed by atoms with Crippen molar-refractivity contribution in [3.63, 3.8) is 0 Å². The molecule has 0 aliphatic heterocycles.